The fourth-order valence-electron chi connectivity index (χ4n) is 4.25. The highest BCUT2D eigenvalue weighted by molar-refractivity contribution is 7.13. The molecule has 1 saturated heterocycles. The molecule has 0 spiro atoms. The van der Waals surface area contributed by atoms with E-state index in [1.54, 1.807) is 6.92 Å². The van der Waals surface area contributed by atoms with Gasteiger partial charge >= 0.3 is 5.97 Å². The molecule has 2 N–H and O–H groups in total. The van der Waals surface area contributed by atoms with Crippen LogP contribution in [0.5, 0.6) is 0 Å². The van der Waals surface area contributed by atoms with Gasteiger partial charge in [0.05, 0.1) is 18.7 Å². The van der Waals surface area contributed by atoms with Crippen molar-refractivity contribution in [2.45, 2.75) is 52.6 Å². The summed E-state index contributed by atoms with van der Waals surface area (Å²) < 4.78 is 5.02. The van der Waals surface area contributed by atoms with Crippen LogP contribution >= 0.6 is 11.3 Å². The summed E-state index contributed by atoms with van der Waals surface area (Å²) in [5.41, 5.74) is 9.95. The van der Waals surface area contributed by atoms with Crippen LogP contribution in [-0.4, -0.2) is 23.3 Å². The maximum atomic E-state index is 11.7. The Hall–Kier alpha value is -3.03. The molecule has 1 aliphatic rings. The molecule has 178 valence electrons. The number of piperidine rings is 1. The highest BCUT2D eigenvalue weighted by Crippen LogP contribution is 2.36. The van der Waals surface area contributed by atoms with Gasteiger partial charge in [0.25, 0.3) is 0 Å². The first-order valence-electron chi connectivity index (χ1n) is 11.7. The molecule has 1 fully saturated rings. The summed E-state index contributed by atoms with van der Waals surface area (Å²) in [6.07, 6.45) is 0.981. The van der Waals surface area contributed by atoms with Gasteiger partial charge in [-0.2, -0.15) is 5.10 Å². The number of carbonyl (C=O) groups excluding carboxylic acids is 1. The van der Waals surface area contributed by atoms with Crippen LogP contribution in [0.25, 0.3) is 0 Å². The minimum Gasteiger partial charge on any atom is -0.466 e. The molecule has 3 unspecified atom stereocenters. The molecule has 0 amide bonds. The van der Waals surface area contributed by atoms with Crippen molar-refractivity contribution in [2.75, 3.05) is 12.0 Å². The van der Waals surface area contributed by atoms with Crippen LogP contribution in [0, 0.1) is 19.8 Å². The molecule has 2 heterocycles. The maximum Gasteiger partial charge on any atom is 0.311 e. The zero-order valence-electron chi connectivity index (χ0n) is 20.2. The molecule has 7 heteroatoms. The van der Waals surface area contributed by atoms with Gasteiger partial charge in [-0.25, -0.2) is 4.98 Å². The zero-order valence-corrected chi connectivity index (χ0v) is 21.0. The van der Waals surface area contributed by atoms with Crippen LogP contribution in [0.2, 0.25) is 0 Å². The van der Waals surface area contributed by atoms with E-state index in [-0.39, 0.29) is 30.4 Å². The van der Waals surface area contributed by atoms with Gasteiger partial charge in [0.2, 0.25) is 5.13 Å². The molecule has 0 bridgehead atoms. The molecule has 3 aromatic rings. The number of nitrogens with zero attached hydrogens (tertiary/aromatic N) is 2. The lowest BCUT2D eigenvalue weighted by molar-refractivity contribution is -0.142. The van der Waals surface area contributed by atoms with E-state index >= 15 is 0 Å². The number of thiazole rings is 1. The average Bonchev–Trinajstić information content (AvgIpc) is 3.27. The van der Waals surface area contributed by atoms with Gasteiger partial charge < -0.3 is 10.1 Å². The Balaban J connectivity index is 1.56. The summed E-state index contributed by atoms with van der Waals surface area (Å²) in [5.74, 6) is -0.0598. The molecule has 3 atom stereocenters. The summed E-state index contributed by atoms with van der Waals surface area (Å²) in [4.78, 5) is 16.2. The van der Waals surface area contributed by atoms with Gasteiger partial charge in [-0.1, -0.05) is 66.6 Å². The lowest BCUT2D eigenvalue weighted by Crippen LogP contribution is -2.41. The van der Waals surface area contributed by atoms with E-state index in [1.165, 1.54) is 33.6 Å². The molecule has 2 aromatic carbocycles. The maximum absolute atomic E-state index is 11.7. The molecule has 0 saturated carbocycles. The van der Waals surface area contributed by atoms with Gasteiger partial charge in [0.1, 0.15) is 0 Å². The quantitative estimate of drug-likeness (QED) is 0.336. The SMILES string of the molecule is CCOC(=O)Cc1csc(N/N=C2/CC(c3ccc(C)cc3)NC(c3ccc(C)cc3)C2C)n1. The monoisotopic (exact) mass is 476 g/mol. The third kappa shape index (κ3) is 5.90. The van der Waals surface area contributed by atoms with Crippen LogP contribution in [-0.2, 0) is 16.0 Å². The Kier molecular flexibility index (Phi) is 7.75. The number of carbonyl (C=O) groups is 1. The minimum absolute atomic E-state index is 0.150. The Morgan fingerprint density at radius 1 is 1.12 bits per heavy atom. The van der Waals surface area contributed by atoms with Crippen LogP contribution in [0.4, 0.5) is 5.13 Å². The summed E-state index contributed by atoms with van der Waals surface area (Å²) in [6.45, 7) is 8.61. The summed E-state index contributed by atoms with van der Waals surface area (Å²) in [5, 5.41) is 11.2. The third-order valence-electron chi connectivity index (χ3n) is 6.21. The van der Waals surface area contributed by atoms with E-state index in [9.17, 15) is 4.79 Å². The van der Waals surface area contributed by atoms with Gasteiger partial charge in [-0.15, -0.1) is 11.3 Å². The number of aromatic nitrogens is 1. The molecule has 0 aliphatic carbocycles. The van der Waals surface area contributed by atoms with Crippen LogP contribution in [0.15, 0.2) is 59.0 Å². The molecule has 6 nitrogen and oxygen atoms in total. The fourth-order valence-corrected chi connectivity index (χ4v) is 4.90. The van der Waals surface area contributed by atoms with Gasteiger partial charge in [-0.3, -0.25) is 10.2 Å². The molecular formula is C27H32N4O2S. The fraction of sp³-hybridized carbons (Fsp3) is 0.370. The minimum atomic E-state index is -0.264. The number of hydrazone groups is 1. The smallest absolute Gasteiger partial charge is 0.311 e. The van der Waals surface area contributed by atoms with Crippen molar-refractivity contribution in [1.82, 2.24) is 10.3 Å². The van der Waals surface area contributed by atoms with E-state index in [0.717, 1.165) is 12.1 Å². The predicted octanol–water partition coefficient (Wildman–Crippen LogP) is 5.75. The van der Waals surface area contributed by atoms with E-state index in [0.29, 0.717) is 17.4 Å². The van der Waals surface area contributed by atoms with E-state index in [1.807, 2.05) is 5.38 Å². The number of nitrogens with one attached hydrogen (secondary N) is 2. The number of aryl methyl sites for hydroxylation is 2. The summed E-state index contributed by atoms with van der Waals surface area (Å²) in [6, 6.07) is 17.8. The molecule has 1 aromatic heterocycles. The molecule has 4 rings (SSSR count). The molecule has 1 aliphatic heterocycles. The second-order valence-corrected chi connectivity index (χ2v) is 9.71. The standard InChI is InChI=1S/C27H32N4O2S/c1-5-33-25(32)14-22-16-34-27(28-22)31-30-23-15-24(20-10-6-17(2)7-11-20)29-26(19(23)4)21-12-8-18(3)9-13-21/h6-13,16,19,24,26,29H,5,14-15H2,1-4H3,(H,28,31)/b30-23-. The first kappa shape index (κ1) is 24.1. The lowest BCUT2D eigenvalue weighted by Gasteiger charge is -2.37. The number of hydrogen-bond acceptors (Lipinski definition) is 7. The highest BCUT2D eigenvalue weighted by atomic mass is 32.1. The number of ether oxygens (including phenoxy) is 1. The van der Waals surface area contributed by atoms with Crippen molar-refractivity contribution in [1.29, 1.82) is 0 Å². The normalized spacial score (nSPS) is 21.4. The Morgan fingerprint density at radius 3 is 2.41 bits per heavy atom. The van der Waals surface area contributed by atoms with Crippen molar-refractivity contribution in [2.24, 2.45) is 11.0 Å². The number of hydrogen-bond donors (Lipinski definition) is 2. The number of benzene rings is 2. The Labute approximate surface area is 205 Å². The number of rotatable bonds is 7. The van der Waals surface area contributed by atoms with Gasteiger partial charge in [-0.05, 0) is 31.9 Å². The topological polar surface area (TPSA) is 75.6 Å². The van der Waals surface area contributed by atoms with Gasteiger partial charge in [0, 0.05) is 35.5 Å². The lowest BCUT2D eigenvalue weighted by atomic mass is 9.81. The third-order valence-corrected chi connectivity index (χ3v) is 7.01. The predicted molar refractivity (Wildman–Crippen MR) is 138 cm³/mol. The second kappa shape index (κ2) is 10.9. The first-order valence-corrected chi connectivity index (χ1v) is 12.6. The summed E-state index contributed by atoms with van der Waals surface area (Å²) >= 11 is 1.44. The first-order chi connectivity index (χ1) is 16.4. The van der Waals surface area contributed by atoms with Crippen molar-refractivity contribution < 1.29 is 9.53 Å². The average molecular weight is 477 g/mol. The molecule has 34 heavy (non-hydrogen) atoms. The van der Waals surface area contributed by atoms with E-state index < -0.39 is 0 Å². The number of anilines is 1. The second-order valence-electron chi connectivity index (χ2n) is 8.85. The van der Waals surface area contributed by atoms with E-state index in [2.05, 4.69) is 85.0 Å². The Bertz CT molecular complexity index is 1140. The van der Waals surface area contributed by atoms with Gasteiger partial charge in [0.15, 0.2) is 0 Å². The van der Waals surface area contributed by atoms with Crippen molar-refractivity contribution in [3.63, 3.8) is 0 Å². The molecule has 0 radical (unpaired) electrons. The van der Waals surface area contributed by atoms with Crippen molar-refractivity contribution in [3.8, 4) is 0 Å². The summed E-state index contributed by atoms with van der Waals surface area (Å²) in [7, 11) is 0. The molecular weight excluding hydrogens is 444 g/mol. The largest absolute Gasteiger partial charge is 0.466 e. The van der Waals surface area contributed by atoms with Crippen molar-refractivity contribution in [3.05, 3.63) is 81.9 Å². The van der Waals surface area contributed by atoms with Crippen molar-refractivity contribution >= 4 is 28.1 Å². The van der Waals surface area contributed by atoms with Crippen LogP contribution < -0.4 is 10.7 Å². The zero-order chi connectivity index (χ0) is 24.1. The van der Waals surface area contributed by atoms with E-state index in [4.69, 9.17) is 9.84 Å². The van der Waals surface area contributed by atoms with Crippen LogP contribution in [0.1, 0.15) is 60.3 Å². The highest BCUT2D eigenvalue weighted by Gasteiger charge is 2.33. The number of esters is 1. The Morgan fingerprint density at radius 2 is 1.76 bits per heavy atom. The van der Waals surface area contributed by atoms with Crippen LogP contribution in [0.3, 0.4) is 0 Å².